The predicted octanol–water partition coefficient (Wildman–Crippen LogP) is 2.01. The van der Waals surface area contributed by atoms with Gasteiger partial charge in [0, 0.05) is 12.0 Å². The van der Waals surface area contributed by atoms with Crippen molar-refractivity contribution in [1.29, 1.82) is 0 Å². The normalized spacial score (nSPS) is 10.2. The second-order valence-electron chi connectivity index (χ2n) is 3.86. The van der Waals surface area contributed by atoms with Crippen molar-refractivity contribution in [1.82, 2.24) is 0 Å². The van der Waals surface area contributed by atoms with Gasteiger partial charge in [0.25, 0.3) is 0 Å². The highest BCUT2D eigenvalue weighted by Gasteiger charge is 2.31. The Balaban J connectivity index is 2.93. The first-order valence-electron chi connectivity index (χ1n) is 5.54. The summed E-state index contributed by atoms with van der Waals surface area (Å²) in [5, 5.41) is -0.126. The minimum Gasteiger partial charge on any atom is -0.468 e. The standard InChI is InChI=1S/C13H12ClFO5/c1-19-12(17)8(13(18)20-2)6-11(16)7-3-4-9(14)10(15)5-7/h3-5,8H,6H2,1-2H3. The van der Waals surface area contributed by atoms with Crippen molar-refractivity contribution in [3.63, 3.8) is 0 Å². The highest BCUT2D eigenvalue weighted by Crippen LogP contribution is 2.19. The summed E-state index contributed by atoms with van der Waals surface area (Å²) in [6.07, 6.45) is -0.472. The highest BCUT2D eigenvalue weighted by atomic mass is 35.5. The number of ketones is 1. The molecule has 108 valence electrons. The Kier molecular flexibility index (Phi) is 5.64. The average molecular weight is 303 g/mol. The quantitative estimate of drug-likeness (QED) is 0.473. The summed E-state index contributed by atoms with van der Waals surface area (Å²) in [5.41, 5.74) is 0.00436. The third-order valence-electron chi connectivity index (χ3n) is 2.60. The second kappa shape index (κ2) is 7.00. The van der Waals surface area contributed by atoms with E-state index in [9.17, 15) is 18.8 Å². The zero-order valence-corrected chi connectivity index (χ0v) is 11.6. The molecule has 1 aromatic rings. The van der Waals surface area contributed by atoms with Crippen LogP contribution in [-0.2, 0) is 19.1 Å². The lowest BCUT2D eigenvalue weighted by atomic mass is 9.98. The maximum absolute atomic E-state index is 13.3. The zero-order chi connectivity index (χ0) is 15.3. The molecule has 0 atom stereocenters. The fourth-order valence-electron chi connectivity index (χ4n) is 1.52. The molecular weight excluding hydrogens is 291 g/mol. The van der Waals surface area contributed by atoms with E-state index in [2.05, 4.69) is 9.47 Å². The lowest BCUT2D eigenvalue weighted by molar-refractivity contribution is -0.158. The van der Waals surface area contributed by atoms with Gasteiger partial charge in [-0.3, -0.25) is 14.4 Å². The number of halogens is 2. The molecule has 7 heteroatoms. The third-order valence-corrected chi connectivity index (χ3v) is 2.91. The van der Waals surface area contributed by atoms with E-state index in [1.165, 1.54) is 12.1 Å². The minimum atomic E-state index is -1.38. The Morgan fingerprint density at radius 3 is 2.20 bits per heavy atom. The van der Waals surface area contributed by atoms with Crippen molar-refractivity contribution in [2.45, 2.75) is 6.42 Å². The molecule has 0 heterocycles. The largest absolute Gasteiger partial charge is 0.468 e. The fraction of sp³-hybridized carbons (Fsp3) is 0.308. The van der Waals surface area contributed by atoms with Crippen molar-refractivity contribution in [3.8, 4) is 0 Å². The Labute approximate surface area is 119 Å². The van der Waals surface area contributed by atoms with Gasteiger partial charge in [0.15, 0.2) is 11.7 Å². The van der Waals surface area contributed by atoms with Gasteiger partial charge in [-0.2, -0.15) is 0 Å². The van der Waals surface area contributed by atoms with Gasteiger partial charge < -0.3 is 9.47 Å². The Bertz CT molecular complexity index is 528. The number of ether oxygens (including phenoxy) is 2. The molecule has 0 bridgehead atoms. The van der Waals surface area contributed by atoms with E-state index in [4.69, 9.17) is 11.6 Å². The van der Waals surface area contributed by atoms with Crippen LogP contribution in [0.5, 0.6) is 0 Å². The lowest BCUT2D eigenvalue weighted by Crippen LogP contribution is -2.29. The van der Waals surface area contributed by atoms with Crippen molar-refractivity contribution in [3.05, 3.63) is 34.6 Å². The summed E-state index contributed by atoms with van der Waals surface area (Å²) < 4.78 is 22.1. The molecule has 0 unspecified atom stereocenters. The van der Waals surface area contributed by atoms with E-state index in [0.717, 1.165) is 20.3 Å². The molecule has 0 amide bonds. The van der Waals surface area contributed by atoms with E-state index in [1.54, 1.807) is 0 Å². The van der Waals surface area contributed by atoms with E-state index in [0.29, 0.717) is 0 Å². The Morgan fingerprint density at radius 2 is 1.75 bits per heavy atom. The smallest absolute Gasteiger partial charge is 0.320 e. The summed E-state index contributed by atoms with van der Waals surface area (Å²) in [6.45, 7) is 0. The molecule has 0 aliphatic heterocycles. The molecule has 5 nitrogen and oxygen atoms in total. The molecule has 0 radical (unpaired) electrons. The molecule has 0 saturated heterocycles. The van der Waals surface area contributed by atoms with Gasteiger partial charge >= 0.3 is 11.9 Å². The first-order valence-corrected chi connectivity index (χ1v) is 5.92. The number of benzene rings is 1. The molecule has 0 N–H and O–H groups in total. The SMILES string of the molecule is COC(=O)C(CC(=O)c1ccc(Cl)c(F)c1)C(=O)OC. The molecular formula is C13H12ClFO5. The van der Waals surface area contributed by atoms with Gasteiger partial charge in [-0.1, -0.05) is 11.6 Å². The second-order valence-corrected chi connectivity index (χ2v) is 4.26. The molecule has 1 rings (SSSR count). The van der Waals surface area contributed by atoms with E-state index >= 15 is 0 Å². The summed E-state index contributed by atoms with van der Waals surface area (Å²) in [7, 11) is 2.18. The maximum atomic E-state index is 13.3. The molecule has 0 saturated carbocycles. The van der Waals surface area contributed by atoms with Crippen molar-refractivity contribution < 1.29 is 28.2 Å². The topological polar surface area (TPSA) is 69.7 Å². The molecule has 1 aromatic carbocycles. The first-order chi connectivity index (χ1) is 9.40. The van der Waals surface area contributed by atoms with Crippen LogP contribution in [0, 0.1) is 11.7 Å². The minimum absolute atomic E-state index is 0.00436. The van der Waals surface area contributed by atoms with Gasteiger partial charge in [0.05, 0.1) is 19.2 Å². The van der Waals surface area contributed by atoms with Crippen LogP contribution in [0.15, 0.2) is 18.2 Å². The van der Waals surface area contributed by atoms with Crippen LogP contribution in [0.4, 0.5) is 4.39 Å². The summed E-state index contributed by atoms with van der Waals surface area (Å²) in [5.74, 6) is -4.51. The first kappa shape index (κ1) is 16.1. The number of carbonyl (C=O) groups excluding carboxylic acids is 3. The van der Waals surface area contributed by atoms with Crippen molar-refractivity contribution >= 4 is 29.3 Å². The Hall–Kier alpha value is -1.95. The Morgan fingerprint density at radius 1 is 1.20 bits per heavy atom. The lowest BCUT2D eigenvalue weighted by Gasteiger charge is -2.11. The third kappa shape index (κ3) is 3.77. The number of esters is 2. The monoisotopic (exact) mass is 302 g/mol. The average Bonchev–Trinajstić information content (AvgIpc) is 2.45. The van der Waals surface area contributed by atoms with Crippen LogP contribution in [0.2, 0.25) is 5.02 Å². The summed E-state index contributed by atoms with van der Waals surface area (Å²) in [4.78, 5) is 34.8. The molecule has 0 aliphatic rings. The van der Waals surface area contributed by atoms with E-state index in [-0.39, 0.29) is 10.6 Å². The number of hydrogen-bond donors (Lipinski definition) is 0. The fourth-order valence-corrected chi connectivity index (χ4v) is 1.64. The number of methoxy groups -OCH3 is 2. The number of Topliss-reactive ketones (excluding diaryl/α,β-unsaturated/α-hetero) is 1. The van der Waals surface area contributed by atoms with Crippen LogP contribution in [0.3, 0.4) is 0 Å². The van der Waals surface area contributed by atoms with Gasteiger partial charge in [0.1, 0.15) is 5.82 Å². The maximum Gasteiger partial charge on any atom is 0.320 e. The van der Waals surface area contributed by atoms with Crippen LogP contribution in [0.25, 0.3) is 0 Å². The van der Waals surface area contributed by atoms with Crippen LogP contribution in [0.1, 0.15) is 16.8 Å². The number of rotatable bonds is 5. The van der Waals surface area contributed by atoms with Gasteiger partial charge in [-0.15, -0.1) is 0 Å². The highest BCUT2D eigenvalue weighted by molar-refractivity contribution is 6.30. The van der Waals surface area contributed by atoms with Crippen LogP contribution in [-0.4, -0.2) is 31.9 Å². The predicted molar refractivity (Wildman–Crippen MR) is 67.9 cm³/mol. The molecule has 0 aliphatic carbocycles. The van der Waals surface area contributed by atoms with Crippen LogP contribution < -0.4 is 0 Å². The van der Waals surface area contributed by atoms with Crippen molar-refractivity contribution in [2.24, 2.45) is 5.92 Å². The van der Waals surface area contributed by atoms with Gasteiger partial charge in [-0.05, 0) is 18.2 Å². The van der Waals surface area contributed by atoms with E-state index < -0.39 is 35.9 Å². The number of hydrogen-bond acceptors (Lipinski definition) is 5. The van der Waals surface area contributed by atoms with E-state index in [1.807, 2.05) is 0 Å². The van der Waals surface area contributed by atoms with Crippen LogP contribution >= 0.6 is 11.6 Å². The summed E-state index contributed by atoms with van der Waals surface area (Å²) >= 11 is 5.50. The molecule has 0 fully saturated rings. The molecule has 0 spiro atoms. The molecule has 0 aromatic heterocycles. The van der Waals surface area contributed by atoms with Crippen molar-refractivity contribution in [2.75, 3.05) is 14.2 Å². The summed E-state index contributed by atoms with van der Waals surface area (Å²) in [6, 6.07) is 3.46. The molecule has 20 heavy (non-hydrogen) atoms. The number of carbonyl (C=O) groups is 3. The van der Waals surface area contributed by atoms with Gasteiger partial charge in [-0.25, -0.2) is 4.39 Å². The zero-order valence-electron chi connectivity index (χ0n) is 10.8. The van der Waals surface area contributed by atoms with Gasteiger partial charge in [0.2, 0.25) is 0 Å².